The first-order valence-corrected chi connectivity index (χ1v) is 11.2. The summed E-state index contributed by atoms with van der Waals surface area (Å²) in [5, 5.41) is 0. The molecule has 0 bridgehead atoms. The standard InChI is InChI=1S/C20H24F3N3O2S.ClH/c1-29(27,28)24-18-6-2-4-16(14-18)8-9-25-10-12-26(13-11-25)19-7-3-5-17(15-19)20(21,22)23;/h2-7,14-15,24H,8-13H2,1H3;1H. The Kier molecular flexibility index (Phi) is 8.01. The third-order valence-electron chi connectivity index (χ3n) is 4.86. The van der Waals surface area contributed by atoms with E-state index in [4.69, 9.17) is 0 Å². The predicted molar refractivity (Wildman–Crippen MR) is 116 cm³/mol. The van der Waals surface area contributed by atoms with Crippen molar-refractivity contribution in [2.45, 2.75) is 12.6 Å². The Morgan fingerprint density at radius 2 is 1.67 bits per heavy atom. The first-order chi connectivity index (χ1) is 13.6. The van der Waals surface area contributed by atoms with E-state index in [2.05, 4.69) is 9.62 Å². The van der Waals surface area contributed by atoms with Crippen LogP contribution in [0.2, 0.25) is 0 Å². The van der Waals surface area contributed by atoms with Crippen LogP contribution in [-0.2, 0) is 22.6 Å². The molecule has 1 fully saturated rings. The third-order valence-corrected chi connectivity index (χ3v) is 5.46. The fourth-order valence-corrected chi connectivity index (χ4v) is 3.96. The molecule has 166 valence electrons. The zero-order valence-corrected chi connectivity index (χ0v) is 18.2. The van der Waals surface area contributed by atoms with Crippen LogP contribution in [0, 0.1) is 0 Å². The number of halogens is 4. The van der Waals surface area contributed by atoms with Gasteiger partial charge < -0.3 is 4.90 Å². The maximum Gasteiger partial charge on any atom is 0.416 e. The highest BCUT2D eigenvalue weighted by atomic mass is 35.5. The Balaban J connectivity index is 0.00000320. The summed E-state index contributed by atoms with van der Waals surface area (Å²) < 4.78 is 63.9. The van der Waals surface area contributed by atoms with Crippen molar-refractivity contribution >= 4 is 33.8 Å². The number of anilines is 2. The lowest BCUT2D eigenvalue weighted by molar-refractivity contribution is -0.137. The van der Waals surface area contributed by atoms with E-state index in [1.54, 1.807) is 12.1 Å². The van der Waals surface area contributed by atoms with Crippen molar-refractivity contribution in [2.75, 3.05) is 48.6 Å². The van der Waals surface area contributed by atoms with Gasteiger partial charge in [0.25, 0.3) is 0 Å². The molecule has 0 spiro atoms. The molecule has 30 heavy (non-hydrogen) atoms. The van der Waals surface area contributed by atoms with E-state index in [9.17, 15) is 21.6 Å². The largest absolute Gasteiger partial charge is 0.416 e. The van der Waals surface area contributed by atoms with Crippen molar-refractivity contribution < 1.29 is 21.6 Å². The van der Waals surface area contributed by atoms with Crippen LogP contribution >= 0.6 is 12.4 Å². The number of hydrogen-bond donors (Lipinski definition) is 1. The molecule has 0 unspecified atom stereocenters. The average Bonchev–Trinajstić information content (AvgIpc) is 2.65. The average molecular weight is 464 g/mol. The van der Waals surface area contributed by atoms with Crippen LogP contribution in [-0.4, -0.2) is 52.3 Å². The van der Waals surface area contributed by atoms with Gasteiger partial charge in [0.1, 0.15) is 0 Å². The second-order valence-corrected chi connectivity index (χ2v) is 8.95. The van der Waals surface area contributed by atoms with Crippen LogP contribution in [0.1, 0.15) is 11.1 Å². The Morgan fingerprint density at radius 1 is 1.00 bits per heavy atom. The van der Waals surface area contributed by atoms with Gasteiger partial charge in [-0.3, -0.25) is 9.62 Å². The maximum atomic E-state index is 12.9. The molecule has 2 aromatic rings. The van der Waals surface area contributed by atoms with Crippen LogP contribution in [0.15, 0.2) is 48.5 Å². The molecule has 0 radical (unpaired) electrons. The summed E-state index contributed by atoms with van der Waals surface area (Å²) in [4.78, 5) is 4.24. The molecule has 0 amide bonds. The molecular weight excluding hydrogens is 439 g/mol. The number of nitrogens with zero attached hydrogens (tertiary/aromatic N) is 2. The molecule has 0 atom stereocenters. The molecule has 1 aliphatic heterocycles. The van der Waals surface area contributed by atoms with E-state index in [0.29, 0.717) is 24.5 Å². The van der Waals surface area contributed by atoms with Crippen LogP contribution < -0.4 is 9.62 Å². The lowest BCUT2D eigenvalue weighted by Gasteiger charge is -2.36. The van der Waals surface area contributed by atoms with Crippen LogP contribution in [0.25, 0.3) is 0 Å². The van der Waals surface area contributed by atoms with E-state index >= 15 is 0 Å². The molecule has 0 aliphatic carbocycles. The highest BCUT2D eigenvalue weighted by Gasteiger charge is 2.31. The Labute approximate surface area is 181 Å². The minimum absolute atomic E-state index is 0. The van der Waals surface area contributed by atoms with Gasteiger partial charge in [0, 0.05) is 44.1 Å². The molecule has 5 nitrogen and oxygen atoms in total. The molecule has 1 aliphatic rings. The number of sulfonamides is 1. The Morgan fingerprint density at radius 3 is 2.30 bits per heavy atom. The zero-order valence-electron chi connectivity index (χ0n) is 16.5. The second-order valence-electron chi connectivity index (χ2n) is 7.20. The highest BCUT2D eigenvalue weighted by Crippen LogP contribution is 2.31. The summed E-state index contributed by atoms with van der Waals surface area (Å²) >= 11 is 0. The smallest absolute Gasteiger partial charge is 0.369 e. The lowest BCUT2D eigenvalue weighted by atomic mass is 10.1. The molecule has 1 heterocycles. The quantitative estimate of drug-likeness (QED) is 0.706. The van der Waals surface area contributed by atoms with Crippen molar-refractivity contribution in [3.63, 3.8) is 0 Å². The fraction of sp³-hybridized carbons (Fsp3) is 0.400. The van der Waals surface area contributed by atoms with Crippen molar-refractivity contribution in [1.29, 1.82) is 0 Å². The SMILES string of the molecule is CS(=O)(=O)Nc1cccc(CCN2CCN(c3cccc(C(F)(F)F)c3)CC2)c1.Cl. The second kappa shape index (κ2) is 9.89. The summed E-state index contributed by atoms with van der Waals surface area (Å²) in [6, 6.07) is 12.7. The summed E-state index contributed by atoms with van der Waals surface area (Å²) in [5.41, 5.74) is 1.54. The predicted octanol–water partition coefficient (Wildman–Crippen LogP) is 3.86. The topological polar surface area (TPSA) is 52.7 Å². The third kappa shape index (κ3) is 7.07. The molecule has 10 heteroatoms. The van der Waals surface area contributed by atoms with Crippen LogP contribution in [0.5, 0.6) is 0 Å². The van der Waals surface area contributed by atoms with Crippen molar-refractivity contribution in [3.05, 3.63) is 59.7 Å². The number of alkyl halides is 3. The first-order valence-electron chi connectivity index (χ1n) is 9.31. The monoisotopic (exact) mass is 463 g/mol. The van der Waals surface area contributed by atoms with Gasteiger partial charge in [-0.2, -0.15) is 13.2 Å². The van der Waals surface area contributed by atoms with Gasteiger partial charge >= 0.3 is 6.18 Å². The number of nitrogens with one attached hydrogen (secondary N) is 1. The molecular formula is C20H25ClF3N3O2S. The molecule has 1 N–H and O–H groups in total. The first kappa shape index (κ1) is 24.3. The molecule has 0 aromatic heterocycles. The summed E-state index contributed by atoms with van der Waals surface area (Å²) in [6.07, 6.45) is -2.45. The van der Waals surface area contributed by atoms with E-state index in [1.807, 2.05) is 23.1 Å². The molecule has 1 saturated heterocycles. The van der Waals surface area contributed by atoms with Gasteiger partial charge in [0.05, 0.1) is 11.8 Å². The molecule has 3 rings (SSSR count). The number of piperazine rings is 1. The van der Waals surface area contributed by atoms with Gasteiger partial charge in [0.2, 0.25) is 10.0 Å². The van der Waals surface area contributed by atoms with E-state index in [1.165, 1.54) is 12.1 Å². The lowest BCUT2D eigenvalue weighted by Crippen LogP contribution is -2.47. The molecule has 2 aromatic carbocycles. The van der Waals surface area contributed by atoms with Gasteiger partial charge in [-0.25, -0.2) is 8.42 Å². The summed E-state index contributed by atoms with van der Waals surface area (Å²) in [5.74, 6) is 0. The number of benzene rings is 2. The van der Waals surface area contributed by atoms with E-state index < -0.39 is 21.8 Å². The fourth-order valence-electron chi connectivity index (χ4n) is 3.40. The van der Waals surface area contributed by atoms with Crippen LogP contribution in [0.3, 0.4) is 0 Å². The van der Waals surface area contributed by atoms with E-state index in [0.717, 1.165) is 43.9 Å². The normalized spacial score (nSPS) is 15.5. The minimum atomic E-state index is -4.33. The molecule has 0 saturated carbocycles. The van der Waals surface area contributed by atoms with Gasteiger partial charge in [-0.05, 0) is 42.3 Å². The Bertz CT molecular complexity index is 946. The number of rotatable bonds is 6. The Hall–Kier alpha value is -1.97. The van der Waals surface area contributed by atoms with Crippen LogP contribution in [0.4, 0.5) is 24.5 Å². The van der Waals surface area contributed by atoms with Crippen molar-refractivity contribution in [1.82, 2.24) is 4.90 Å². The number of hydrogen-bond acceptors (Lipinski definition) is 4. The van der Waals surface area contributed by atoms with E-state index in [-0.39, 0.29) is 12.4 Å². The summed E-state index contributed by atoms with van der Waals surface area (Å²) in [7, 11) is -3.31. The summed E-state index contributed by atoms with van der Waals surface area (Å²) in [6.45, 7) is 3.65. The van der Waals surface area contributed by atoms with Gasteiger partial charge in [0.15, 0.2) is 0 Å². The minimum Gasteiger partial charge on any atom is -0.369 e. The zero-order chi connectivity index (χ0) is 21.1. The highest BCUT2D eigenvalue weighted by molar-refractivity contribution is 7.92. The van der Waals surface area contributed by atoms with Crippen molar-refractivity contribution in [3.8, 4) is 0 Å². The van der Waals surface area contributed by atoms with Crippen molar-refractivity contribution in [2.24, 2.45) is 0 Å². The van der Waals surface area contributed by atoms with Gasteiger partial charge in [-0.15, -0.1) is 12.4 Å². The maximum absolute atomic E-state index is 12.9. The van der Waals surface area contributed by atoms with Gasteiger partial charge in [-0.1, -0.05) is 18.2 Å².